The Morgan fingerprint density at radius 3 is 2.00 bits per heavy atom. The first-order valence-electron chi connectivity index (χ1n) is 12.0. The molecule has 0 atom stereocenters. The summed E-state index contributed by atoms with van der Waals surface area (Å²) in [5.74, 6) is 0. The number of nitrogens with zero attached hydrogens (tertiary/aromatic N) is 3. The molecule has 1 aromatic rings. The molecule has 0 fully saturated rings. The van der Waals surface area contributed by atoms with E-state index in [0.717, 1.165) is 76.5 Å². The number of rotatable bonds is 7. The largest absolute Gasteiger partial charge is 0.737 e. The van der Waals surface area contributed by atoms with Crippen molar-refractivity contribution in [3.63, 3.8) is 0 Å². The van der Waals surface area contributed by atoms with Crippen LogP contribution in [-0.2, 0) is 6.42 Å². The van der Waals surface area contributed by atoms with Gasteiger partial charge in [0.2, 0.25) is 0 Å². The Hall–Kier alpha value is -1.69. The van der Waals surface area contributed by atoms with Crippen LogP contribution in [0.5, 0.6) is 0 Å². The summed E-state index contributed by atoms with van der Waals surface area (Å²) in [7, 11) is 0. The van der Waals surface area contributed by atoms with Gasteiger partial charge in [-0.3, -0.25) is 4.90 Å². The number of allylic oxidation sites excluding steroid dienone is 2. The van der Waals surface area contributed by atoms with Gasteiger partial charge in [-0.05, 0) is 84.5 Å². The second-order valence-electron chi connectivity index (χ2n) is 9.76. The molecular formula is C25H40BF2N3. The van der Waals surface area contributed by atoms with Crippen LogP contribution in [0.15, 0.2) is 16.8 Å². The third kappa shape index (κ3) is 3.46. The molecule has 0 saturated carbocycles. The summed E-state index contributed by atoms with van der Waals surface area (Å²) in [5.41, 5.74) is 8.24. The molecule has 3 nitrogen and oxygen atoms in total. The van der Waals surface area contributed by atoms with Crippen LogP contribution in [0.25, 0.3) is 5.57 Å². The van der Waals surface area contributed by atoms with Gasteiger partial charge in [0.25, 0.3) is 0 Å². The molecule has 0 aliphatic carbocycles. The van der Waals surface area contributed by atoms with Crippen molar-refractivity contribution in [1.82, 2.24) is 9.38 Å². The predicted molar refractivity (Wildman–Crippen MR) is 129 cm³/mol. The Morgan fingerprint density at radius 2 is 1.52 bits per heavy atom. The monoisotopic (exact) mass is 431 g/mol. The van der Waals surface area contributed by atoms with Gasteiger partial charge in [0.15, 0.2) is 5.70 Å². The van der Waals surface area contributed by atoms with E-state index in [2.05, 4.69) is 46.4 Å². The van der Waals surface area contributed by atoms with Crippen LogP contribution in [0, 0.1) is 13.8 Å². The average molecular weight is 431 g/mol. The van der Waals surface area contributed by atoms with E-state index in [1.54, 1.807) is 0 Å². The Bertz CT molecular complexity index is 985. The fraction of sp³-hybridized carbons (Fsp3) is 0.640. The van der Waals surface area contributed by atoms with E-state index >= 15 is 8.63 Å². The highest BCUT2D eigenvalue weighted by Crippen LogP contribution is 2.46. The SMILES string of the molecule is CCC1=C(C)C2=C(CCN(C(C)C)C(C)C)c3c(C)c(CC)c(C)n3[B-](F)(F)[N+]2=C1C. The standard InChI is InChI=1S/C25H40BF2N3/c1-11-21-17(7)24-23(13-14-29(15(3)4)16(5)6)25-18(8)22(12-2)20(10)31(25)26(27,28)30(24)19(21)9/h15-16H,11-14H2,1-10H3. The Balaban J connectivity index is 2.31. The molecule has 0 aromatic carbocycles. The van der Waals surface area contributed by atoms with Crippen LogP contribution in [0.4, 0.5) is 8.63 Å². The van der Waals surface area contributed by atoms with Gasteiger partial charge in [-0.2, -0.15) is 0 Å². The normalized spacial score (nSPS) is 18.3. The highest BCUT2D eigenvalue weighted by molar-refractivity contribution is 6.58. The van der Waals surface area contributed by atoms with Crippen molar-refractivity contribution in [2.24, 2.45) is 0 Å². The molecule has 3 rings (SSSR count). The first-order valence-corrected chi connectivity index (χ1v) is 12.0. The van der Waals surface area contributed by atoms with Crippen molar-refractivity contribution in [2.75, 3.05) is 6.54 Å². The minimum absolute atomic E-state index is 0.413. The molecule has 0 amide bonds. The second kappa shape index (κ2) is 8.34. The molecule has 1 aromatic heterocycles. The molecule has 3 heterocycles. The highest BCUT2D eigenvalue weighted by atomic mass is 19.2. The molecule has 2 aliphatic heterocycles. The second-order valence-corrected chi connectivity index (χ2v) is 9.76. The van der Waals surface area contributed by atoms with Crippen molar-refractivity contribution in [3.05, 3.63) is 39.4 Å². The highest BCUT2D eigenvalue weighted by Gasteiger charge is 2.56. The number of hydrogen-bond donors (Lipinski definition) is 0. The lowest BCUT2D eigenvalue weighted by Crippen LogP contribution is -2.51. The number of halogens is 2. The smallest absolute Gasteiger partial charge is 0.393 e. The maximum absolute atomic E-state index is 16.2. The fourth-order valence-electron chi connectivity index (χ4n) is 6.20. The van der Waals surface area contributed by atoms with Gasteiger partial charge in [0.05, 0.1) is 0 Å². The van der Waals surface area contributed by atoms with Crippen molar-refractivity contribution >= 4 is 18.3 Å². The molecule has 0 bridgehead atoms. The molecular weight excluding hydrogens is 391 g/mol. The lowest BCUT2D eigenvalue weighted by molar-refractivity contribution is -0.364. The zero-order valence-corrected chi connectivity index (χ0v) is 21.2. The quantitative estimate of drug-likeness (QED) is 0.459. The van der Waals surface area contributed by atoms with Gasteiger partial charge in [0.1, 0.15) is 5.71 Å². The van der Waals surface area contributed by atoms with E-state index in [4.69, 9.17) is 0 Å². The van der Waals surface area contributed by atoms with Gasteiger partial charge >= 0.3 is 6.97 Å². The van der Waals surface area contributed by atoms with Crippen LogP contribution in [0.2, 0.25) is 0 Å². The van der Waals surface area contributed by atoms with Crippen LogP contribution in [0.1, 0.15) is 90.7 Å². The van der Waals surface area contributed by atoms with Crippen LogP contribution < -0.4 is 0 Å². The van der Waals surface area contributed by atoms with E-state index in [1.807, 2.05) is 27.7 Å². The van der Waals surface area contributed by atoms with E-state index in [9.17, 15) is 0 Å². The zero-order chi connectivity index (χ0) is 23.4. The molecule has 0 saturated heterocycles. The van der Waals surface area contributed by atoms with E-state index in [1.165, 1.54) is 8.96 Å². The van der Waals surface area contributed by atoms with Crippen molar-refractivity contribution < 1.29 is 13.1 Å². The maximum atomic E-state index is 16.2. The van der Waals surface area contributed by atoms with Crippen LogP contribution in [0.3, 0.4) is 0 Å². The summed E-state index contributed by atoms with van der Waals surface area (Å²) in [6.45, 7) is 17.7. The van der Waals surface area contributed by atoms with Gasteiger partial charge in [-0.15, -0.1) is 0 Å². The summed E-state index contributed by atoms with van der Waals surface area (Å²) in [5, 5.41) is 0. The lowest BCUT2D eigenvalue weighted by Gasteiger charge is -2.35. The molecule has 6 heteroatoms. The molecule has 2 aliphatic rings. The Labute approximate surface area is 187 Å². The molecule has 0 unspecified atom stereocenters. The van der Waals surface area contributed by atoms with Crippen molar-refractivity contribution in [3.8, 4) is 0 Å². The number of aromatic nitrogens is 1. The van der Waals surface area contributed by atoms with Crippen LogP contribution >= 0.6 is 0 Å². The summed E-state index contributed by atoms with van der Waals surface area (Å²) in [4.78, 5) is 2.46. The fourth-order valence-corrected chi connectivity index (χ4v) is 6.20. The third-order valence-electron chi connectivity index (χ3n) is 7.54. The number of fused-ring (bicyclic) bond motifs is 2. The van der Waals surface area contributed by atoms with Gasteiger partial charge in [-0.1, -0.05) is 13.8 Å². The molecule has 0 N–H and O–H groups in total. The summed E-state index contributed by atoms with van der Waals surface area (Å²) in [6, 6.07) is 0.827. The first-order chi connectivity index (χ1) is 14.4. The minimum atomic E-state index is -3.92. The maximum Gasteiger partial charge on any atom is 0.737 e. The van der Waals surface area contributed by atoms with Crippen molar-refractivity contribution in [1.29, 1.82) is 0 Å². The molecule has 0 spiro atoms. The summed E-state index contributed by atoms with van der Waals surface area (Å²) < 4.78 is 35.1. The summed E-state index contributed by atoms with van der Waals surface area (Å²) >= 11 is 0. The predicted octanol–water partition coefficient (Wildman–Crippen LogP) is 6.34. The Morgan fingerprint density at radius 1 is 0.935 bits per heavy atom. The van der Waals surface area contributed by atoms with Gasteiger partial charge < -0.3 is 17.6 Å². The van der Waals surface area contributed by atoms with E-state index in [-0.39, 0.29) is 0 Å². The van der Waals surface area contributed by atoms with E-state index in [0.29, 0.717) is 12.1 Å². The van der Waals surface area contributed by atoms with Crippen LogP contribution in [-0.4, -0.2) is 45.2 Å². The van der Waals surface area contributed by atoms with Crippen molar-refractivity contribution in [2.45, 2.75) is 101 Å². The lowest BCUT2D eigenvalue weighted by atomic mass is 9.85. The average Bonchev–Trinajstić information content (AvgIpc) is 3.08. The topological polar surface area (TPSA) is 11.2 Å². The third-order valence-corrected chi connectivity index (χ3v) is 7.54. The molecule has 0 radical (unpaired) electrons. The van der Waals surface area contributed by atoms with E-state index < -0.39 is 6.97 Å². The zero-order valence-electron chi connectivity index (χ0n) is 21.2. The van der Waals surface area contributed by atoms with Gasteiger partial charge in [-0.25, -0.2) is 0 Å². The summed E-state index contributed by atoms with van der Waals surface area (Å²) in [6.07, 6.45) is 2.31. The number of hydrogen-bond acceptors (Lipinski definition) is 1. The first kappa shape index (κ1) is 24.0. The minimum Gasteiger partial charge on any atom is -0.393 e. The molecule has 31 heavy (non-hydrogen) atoms. The van der Waals surface area contributed by atoms with Gasteiger partial charge in [0, 0.05) is 48.0 Å². The molecule has 172 valence electrons. The Kier molecular flexibility index (Phi) is 6.45.